The molecular weight excluding hydrogens is 312 g/mol. The van der Waals surface area contributed by atoms with Crippen LogP contribution in [0.25, 0.3) is 0 Å². The number of hydrogen-bond donors (Lipinski definition) is 7. The van der Waals surface area contributed by atoms with Crippen molar-refractivity contribution < 1.29 is 39.8 Å². The number of aliphatic hydroxyl groups excluding tert-OH is 5. The Morgan fingerprint density at radius 2 is 1.87 bits per heavy atom. The molecule has 136 valence electrons. The van der Waals surface area contributed by atoms with E-state index in [4.69, 9.17) is 15.2 Å². The Balaban J connectivity index is 2.60. The van der Waals surface area contributed by atoms with E-state index in [-0.39, 0.29) is 19.1 Å². The zero-order valence-electron chi connectivity index (χ0n) is 13.1. The Labute approximate surface area is 133 Å². The smallest absolute Gasteiger partial charge is 0.216 e. The van der Waals surface area contributed by atoms with E-state index in [9.17, 15) is 30.3 Å². The first-order chi connectivity index (χ1) is 10.6. The number of amides is 1. The lowest BCUT2D eigenvalue weighted by atomic mass is 9.98. The molecule has 0 aliphatic carbocycles. The molecule has 1 amide bonds. The molecule has 1 saturated heterocycles. The minimum Gasteiger partial charge on any atom is -0.391 e. The molecule has 1 aliphatic heterocycles. The Bertz CT molecular complexity index is 383. The number of hydrogen-bond acceptors (Lipinski definition) is 9. The van der Waals surface area contributed by atoms with Crippen molar-refractivity contribution in [1.29, 1.82) is 0 Å². The van der Waals surface area contributed by atoms with Crippen LogP contribution in [0.2, 0.25) is 0 Å². The van der Waals surface area contributed by atoms with Gasteiger partial charge in [-0.15, -0.1) is 0 Å². The van der Waals surface area contributed by atoms with Crippen molar-refractivity contribution in [2.75, 3.05) is 13.2 Å². The molecule has 1 aliphatic rings. The zero-order valence-corrected chi connectivity index (χ0v) is 13.1. The van der Waals surface area contributed by atoms with Crippen molar-refractivity contribution in [3.05, 3.63) is 0 Å². The van der Waals surface area contributed by atoms with Crippen LogP contribution in [-0.4, -0.2) is 93.5 Å². The van der Waals surface area contributed by atoms with Crippen molar-refractivity contribution >= 4 is 5.91 Å². The van der Waals surface area contributed by atoms with Crippen LogP contribution in [-0.2, 0) is 14.3 Å². The van der Waals surface area contributed by atoms with Gasteiger partial charge < -0.3 is 46.1 Å². The van der Waals surface area contributed by atoms with Gasteiger partial charge in [0.15, 0.2) is 6.29 Å². The summed E-state index contributed by atoms with van der Waals surface area (Å²) in [6.45, 7) is 2.30. The van der Waals surface area contributed by atoms with E-state index in [1.54, 1.807) is 0 Å². The van der Waals surface area contributed by atoms with E-state index in [1.807, 2.05) is 0 Å². The highest BCUT2D eigenvalue weighted by atomic mass is 16.7. The van der Waals surface area contributed by atoms with Crippen LogP contribution >= 0.6 is 0 Å². The van der Waals surface area contributed by atoms with Crippen LogP contribution in [0.1, 0.15) is 13.8 Å². The van der Waals surface area contributed by atoms with Gasteiger partial charge in [0, 0.05) is 13.5 Å². The molecule has 1 rings (SSSR count). The number of aliphatic hydroxyl groups is 5. The minimum atomic E-state index is -1.54. The molecule has 0 bridgehead atoms. The third-order valence-corrected chi connectivity index (χ3v) is 3.61. The molecule has 10 heteroatoms. The van der Waals surface area contributed by atoms with Gasteiger partial charge in [0.05, 0.1) is 24.9 Å². The van der Waals surface area contributed by atoms with Crippen molar-refractivity contribution in [3.8, 4) is 0 Å². The molecule has 0 saturated carbocycles. The van der Waals surface area contributed by atoms with Crippen molar-refractivity contribution in [2.24, 2.45) is 5.73 Å². The van der Waals surface area contributed by atoms with E-state index in [0.29, 0.717) is 0 Å². The maximum atomic E-state index is 10.9. The Morgan fingerprint density at radius 3 is 2.39 bits per heavy atom. The summed E-state index contributed by atoms with van der Waals surface area (Å²) >= 11 is 0. The van der Waals surface area contributed by atoms with E-state index in [0.717, 1.165) is 0 Å². The molecule has 0 aromatic carbocycles. The van der Waals surface area contributed by atoms with Crippen molar-refractivity contribution in [1.82, 2.24) is 5.32 Å². The van der Waals surface area contributed by atoms with Gasteiger partial charge in [-0.05, 0) is 6.92 Å². The first-order valence-corrected chi connectivity index (χ1v) is 7.32. The Hall–Kier alpha value is -0.850. The number of nitrogens with two attached hydrogens (primary N) is 1. The fourth-order valence-electron chi connectivity index (χ4n) is 2.13. The van der Waals surface area contributed by atoms with Crippen LogP contribution in [0.5, 0.6) is 0 Å². The number of carbonyl (C=O) groups is 1. The molecule has 1 fully saturated rings. The van der Waals surface area contributed by atoms with Crippen molar-refractivity contribution in [2.45, 2.75) is 62.8 Å². The first-order valence-electron chi connectivity index (χ1n) is 7.32. The van der Waals surface area contributed by atoms with Gasteiger partial charge in [-0.2, -0.15) is 0 Å². The van der Waals surface area contributed by atoms with Crippen LogP contribution in [0, 0.1) is 0 Å². The zero-order chi connectivity index (χ0) is 17.7. The quantitative estimate of drug-likeness (QED) is 0.244. The molecular formula is C13H26N2O8. The van der Waals surface area contributed by atoms with E-state index >= 15 is 0 Å². The van der Waals surface area contributed by atoms with Crippen LogP contribution in [0.4, 0.5) is 0 Å². The second-order valence-corrected chi connectivity index (χ2v) is 5.68. The number of nitrogens with one attached hydrogen (secondary N) is 1. The fourth-order valence-corrected chi connectivity index (χ4v) is 2.13. The van der Waals surface area contributed by atoms with Gasteiger partial charge in [0.25, 0.3) is 0 Å². The molecule has 6 unspecified atom stereocenters. The lowest BCUT2D eigenvalue weighted by Gasteiger charge is -2.40. The lowest BCUT2D eigenvalue weighted by molar-refractivity contribution is -0.297. The van der Waals surface area contributed by atoms with Gasteiger partial charge in [0.2, 0.25) is 5.91 Å². The number of rotatable bonds is 7. The molecule has 8 N–H and O–H groups in total. The summed E-state index contributed by atoms with van der Waals surface area (Å²) in [6.07, 6.45) is -9.07. The average molecular weight is 338 g/mol. The SMILES string of the molecule is CC(=O)NCC1OC(OC[C@H](N)C(O)[C@@H](C)O)C(O)C(O)C1O. The summed E-state index contributed by atoms with van der Waals surface area (Å²) in [5.74, 6) is -0.346. The summed E-state index contributed by atoms with van der Waals surface area (Å²) < 4.78 is 10.6. The molecule has 23 heavy (non-hydrogen) atoms. The first kappa shape index (κ1) is 20.2. The van der Waals surface area contributed by atoms with Gasteiger partial charge in [-0.3, -0.25) is 4.79 Å². The van der Waals surface area contributed by atoms with Crippen molar-refractivity contribution in [3.63, 3.8) is 0 Å². The Kier molecular flexibility index (Phi) is 7.77. The van der Waals surface area contributed by atoms with Gasteiger partial charge in [0.1, 0.15) is 24.4 Å². The molecule has 1 heterocycles. The highest BCUT2D eigenvalue weighted by Crippen LogP contribution is 2.22. The highest BCUT2D eigenvalue weighted by Gasteiger charge is 2.44. The summed E-state index contributed by atoms with van der Waals surface area (Å²) in [7, 11) is 0. The second-order valence-electron chi connectivity index (χ2n) is 5.68. The maximum Gasteiger partial charge on any atom is 0.216 e. The predicted octanol–water partition coefficient (Wildman–Crippen LogP) is -3.98. The van der Waals surface area contributed by atoms with E-state index in [1.165, 1.54) is 13.8 Å². The Morgan fingerprint density at radius 1 is 1.26 bits per heavy atom. The van der Waals surface area contributed by atoms with Gasteiger partial charge in [-0.1, -0.05) is 0 Å². The molecule has 0 radical (unpaired) electrons. The molecule has 0 aromatic rings. The van der Waals surface area contributed by atoms with E-state index < -0.39 is 49.0 Å². The summed E-state index contributed by atoms with van der Waals surface area (Å²) in [6, 6.07) is -0.941. The fraction of sp³-hybridized carbons (Fsp3) is 0.923. The molecule has 0 spiro atoms. The summed E-state index contributed by atoms with van der Waals surface area (Å²) in [4.78, 5) is 10.9. The van der Waals surface area contributed by atoms with Crippen LogP contribution in [0.3, 0.4) is 0 Å². The monoisotopic (exact) mass is 338 g/mol. The molecule has 8 atom stereocenters. The summed E-state index contributed by atoms with van der Waals surface area (Å²) in [5.41, 5.74) is 5.63. The largest absolute Gasteiger partial charge is 0.391 e. The third kappa shape index (κ3) is 5.62. The predicted molar refractivity (Wildman–Crippen MR) is 77.0 cm³/mol. The third-order valence-electron chi connectivity index (χ3n) is 3.61. The molecule has 10 nitrogen and oxygen atoms in total. The molecule has 0 aromatic heterocycles. The second kappa shape index (κ2) is 8.85. The standard InChI is InChI=1S/C13H26N2O8/c1-5(16)9(18)7(14)4-22-13-12(21)11(20)10(19)8(23-13)3-15-6(2)17/h5,7-13,16,18-21H,3-4,14H2,1-2H3,(H,15,17)/t5-,7+,8?,9?,10?,11?,12?,13?/m1/s1. The maximum absolute atomic E-state index is 10.9. The number of ether oxygens (including phenoxy) is 2. The minimum absolute atomic E-state index is 0.0809. The normalized spacial score (nSPS) is 35.4. The summed E-state index contributed by atoms with van der Waals surface area (Å²) in [5, 5.41) is 50.8. The van der Waals surface area contributed by atoms with E-state index in [2.05, 4.69) is 5.32 Å². The van der Waals surface area contributed by atoms with Crippen LogP contribution < -0.4 is 11.1 Å². The lowest BCUT2D eigenvalue weighted by Crippen LogP contribution is -2.61. The van der Waals surface area contributed by atoms with Gasteiger partial charge in [-0.25, -0.2) is 0 Å². The number of carbonyl (C=O) groups excluding carboxylic acids is 1. The van der Waals surface area contributed by atoms with Crippen LogP contribution in [0.15, 0.2) is 0 Å². The average Bonchev–Trinajstić information content (AvgIpc) is 2.49. The van der Waals surface area contributed by atoms with Gasteiger partial charge >= 0.3 is 0 Å². The highest BCUT2D eigenvalue weighted by molar-refractivity contribution is 5.72. The topological polar surface area (TPSA) is 175 Å².